The second-order valence-electron chi connectivity index (χ2n) is 29.0. The Balaban J connectivity index is 0.000000525. The van der Waals surface area contributed by atoms with Crippen LogP contribution in [0.1, 0.15) is 323 Å². The summed E-state index contributed by atoms with van der Waals surface area (Å²) in [6.07, 6.45) is 39.0. The first-order chi connectivity index (χ1) is 39.0. The lowest BCUT2D eigenvalue weighted by Crippen LogP contribution is -2.42. The zero-order chi connectivity index (χ0) is 64.3. The summed E-state index contributed by atoms with van der Waals surface area (Å²) in [5, 5.41) is 0. The summed E-state index contributed by atoms with van der Waals surface area (Å²) >= 11 is 0. The Kier molecular flexibility index (Phi) is 32.7. The average molecular weight is 1180 g/mol. The van der Waals surface area contributed by atoms with E-state index in [9.17, 15) is 24.0 Å². The lowest BCUT2D eigenvalue weighted by Gasteiger charge is -2.39. The predicted octanol–water partition coefficient (Wildman–Crippen LogP) is 20.8. The molecule has 0 aromatic heterocycles. The van der Waals surface area contributed by atoms with Crippen molar-refractivity contribution in [3.63, 3.8) is 0 Å². The molecular formula is C74H128O10. The van der Waals surface area contributed by atoms with E-state index < -0.39 is 16.6 Å². The van der Waals surface area contributed by atoms with E-state index in [0.717, 1.165) is 172 Å². The standard InChI is InChI=1S/C16H28O2.2C15H26O2.2C14H24O2/c1-5-15(3,4)14(17)18-16(6-2)12-10-8-7-9-11-13-16;1-6-14(4,5)13(16)17-15(12(2)3)10-8-7-9-11-15;1-5-14(3,4)13(16)17-15(6-2)11-9-7-8-10-12-15;1-6-13(4,5)12(15)16-14(11(2)3)9-7-8-10-14;1-5-13(3,4)12(15)16-14(6-2)10-8-7-9-11-14/h6H,2,5,7-13H2,1,3-4H3;2,6-11H2,1,3-5H3;6H,2,5,7-12H2,1,3-4H3;2,6-10H2,1,3-5H3;6H,2,5,7-11H2,1,3-4H3. The molecule has 0 radical (unpaired) electrons. The maximum Gasteiger partial charge on any atom is 0.312 e. The van der Waals surface area contributed by atoms with Crippen LogP contribution >= 0.6 is 0 Å². The summed E-state index contributed by atoms with van der Waals surface area (Å²) in [6, 6.07) is 0. The molecule has 0 aliphatic heterocycles. The third kappa shape index (κ3) is 24.0. The van der Waals surface area contributed by atoms with Crippen molar-refractivity contribution in [1.82, 2.24) is 0 Å². The van der Waals surface area contributed by atoms with Crippen LogP contribution in [0.15, 0.2) is 62.3 Å². The quantitative estimate of drug-likeness (QED) is 0.0502. The highest BCUT2D eigenvalue weighted by Crippen LogP contribution is 2.43. The molecule has 0 amide bonds. The molecule has 5 saturated carbocycles. The van der Waals surface area contributed by atoms with Crippen molar-refractivity contribution in [2.75, 3.05) is 0 Å². The molecular weight excluding hydrogens is 1050 g/mol. The number of rotatable bonds is 20. The second-order valence-corrected chi connectivity index (χ2v) is 29.0. The number of esters is 5. The monoisotopic (exact) mass is 1180 g/mol. The molecule has 0 heterocycles. The van der Waals surface area contributed by atoms with Gasteiger partial charge in [-0.25, -0.2) is 0 Å². The van der Waals surface area contributed by atoms with Gasteiger partial charge < -0.3 is 23.7 Å². The Labute approximate surface area is 515 Å². The van der Waals surface area contributed by atoms with Crippen molar-refractivity contribution >= 4 is 29.8 Å². The van der Waals surface area contributed by atoms with E-state index in [2.05, 4.69) is 32.9 Å². The zero-order valence-electron chi connectivity index (χ0n) is 57.5. The topological polar surface area (TPSA) is 132 Å². The van der Waals surface area contributed by atoms with Crippen molar-refractivity contribution in [2.24, 2.45) is 27.1 Å². The maximum absolute atomic E-state index is 12.3. The summed E-state index contributed by atoms with van der Waals surface area (Å²) in [5.74, 6) is -0.408. The largest absolute Gasteiger partial charge is 0.454 e. The first kappa shape index (κ1) is 78.1. The molecule has 484 valence electrons. The van der Waals surface area contributed by atoms with Gasteiger partial charge in [0.25, 0.3) is 0 Å². The van der Waals surface area contributed by atoms with Gasteiger partial charge in [-0.1, -0.05) is 112 Å². The number of carbonyl (C=O) groups excluding carboxylic acids is 5. The van der Waals surface area contributed by atoms with Gasteiger partial charge in [0, 0.05) is 0 Å². The molecule has 5 rings (SSSR count). The fourth-order valence-corrected chi connectivity index (χ4v) is 10.6. The molecule has 84 heavy (non-hydrogen) atoms. The Bertz CT molecular complexity index is 2080. The summed E-state index contributed by atoms with van der Waals surface area (Å²) in [6.45, 7) is 53.2. The molecule has 10 heteroatoms. The average Bonchev–Trinajstić information content (AvgIpc) is 3.92. The van der Waals surface area contributed by atoms with Gasteiger partial charge in [0.15, 0.2) is 0 Å². The molecule has 0 unspecified atom stereocenters. The van der Waals surface area contributed by atoms with Crippen molar-refractivity contribution in [3.05, 3.63) is 62.3 Å². The number of carbonyl (C=O) groups is 5. The van der Waals surface area contributed by atoms with E-state index in [1.807, 2.05) is 136 Å². The SMILES string of the molecule is C=C(C)C1(OC(=O)C(C)(C)CC)CCCC1.C=C(C)C1(OC(=O)C(C)(C)CC)CCCCC1.C=CC1(OC(=O)C(C)(C)CC)CCCCC1.C=CC1(OC(=O)C(C)(C)CC)CCCCCC1.C=CC1(OC(=O)C(C)(C)CC)CCCCCCC1. The van der Waals surface area contributed by atoms with E-state index >= 15 is 0 Å². The second kappa shape index (κ2) is 35.1. The van der Waals surface area contributed by atoms with Crippen LogP contribution in [0.5, 0.6) is 0 Å². The van der Waals surface area contributed by atoms with Crippen molar-refractivity contribution in [1.29, 1.82) is 0 Å². The van der Waals surface area contributed by atoms with Crippen LogP contribution in [0.4, 0.5) is 0 Å². The summed E-state index contributed by atoms with van der Waals surface area (Å²) in [7, 11) is 0. The molecule has 0 spiro atoms. The van der Waals surface area contributed by atoms with Gasteiger partial charge in [-0.3, -0.25) is 24.0 Å². The Morgan fingerprint density at radius 3 is 0.643 bits per heavy atom. The van der Waals surface area contributed by atoms with Gasteiger partial charge in [0.2, 0.25) is 0 Å². The fraction of sp³-hybridized carbons (Fsp3) is 0.797. The molecule has 0 aromatic carbocycles. The van der Waals surface area contributed by atoms with Gasteiger partial charge in [-0.15, -0.1) is 0 Å². The van der Waals surface area contributed by atoms with Crippen molar-refractivity contribution in [3.8, 4) is 0 Å². The third-order valence-corrected chi connectivity index (χ3v) is 20.2. The molecule has 0 saturated heterocycles. The van der Waals surface area contributed by atoms with E-state index in [-0.39, 0.29) is 68.3 Å². The Hall–Kier alpha value is -3.95. The first-order valence-corrected chi connectivity index (χ1v) is 33.4. The highest BCUT2D eigenvalue weighted by Gasteiger charge is 2.44. The molecule has 5 fully saturated rings. The number of hydrogen-bond acceptors (Lipinski definition) is 10. The number of hydrogen-bond donors (Lipinski definition) is 0. The van der Waals surface area contributed by atoms with E-state index in [1.165, 1.54) is 44.9 Å². The minimum Gasteiger partial charge on any atom is -0.454 e. The Morgan fingerprint density at radius 1 is 0.310 bits per heavy atom. The lowest BCUT2D eigenvalue weighted by atomic mass is 9.79. The molecule has 0 N–H and O–H groups in total. The summed E-state index contributed by atoms with van der Waals surface area (Å²) < 4.78 is 29.0. The van der Waals surface area contributed by atoms with Gasteiger partial charge in [-0.05, 0) is 273 Å². The maximum atomic E-state index is 12.3. The normalized spacial score (nSPS) is 20.1. The van der Waals surface area contributed by atoms with Gasteiger partial charge in [0.1, 0.15) is 28.0 Å². The molecule has 0 atom stereocenters. The van der Waals surface area contributed by atoms with Crippen molar-refractivity contribution in [2.45, 2.75) is 351 Å². The van der Waals surface area contributed by atoms with Gasteiger partial charge in [0.05, 0.1) is 27.1 Å². The van der Waals surface area contributed by atoms with E-state index in [0.29, 0.717) is 0 Å². The van der Waals surface area contributed by atoms with Gasteiger partial charge in [-0.2, -0.15) is 0 Å². The highest BCUT2D eigenvalue weighted by molar-refractivity contribution is 5.78. The highest BCUT2D eigenvalue weighted by atomic mass is 16.6. The van der Waals surface area contributed by atoms with Gasteiger partial charge >= 0.3 is 29.8 Å². The van der Waals surface area contributed by atoms with Crippen LogP contribution in [0.2, 0.25) is 0 Å². The smallest absolute Gasteiger partial charge is 0.312 e. The van der Waals surface area contributed by atoms with Crippen LogP contribution in [0.25, 0.3) is 0 Å². The van der Waals surface area contributed by atoms with E-state index in [1.54, 1.807) is 0 Å². The van der Waals surface area contributed by atoms with Crippen LogP contribution in [-0.2, 0) is 47.7 Å². The van der Waals surface area contributed by atoms with Crippen LogP contribution in [-0.4, -0.2) is 57.9 Å². The lowest BCUT2D eigenvalue weighted by molar-refractivity contribution is -0.170. The Morgan fingerprint density at radius 2 is 0.464 bits per heavy atom. The molecule has 0 bridgehead atoms. The summed E-state index contributed by atoms with van der Waals surface area (Å²) in [4.78, 5) is 60.8. The van der Waals surface area contributed by atoms with Crippen LogP contribution in [0.3, 0.4) is 0 Å². The predicted molar refractivity (Wildman–Crippen MR) is 349 cm³/mol. The van der Waals surface area contributed by atoms with Crippen LogP contribution < -0.4 is 0 Å². The zero-order valence-corrected chi connectivity index (χ0v) is 57.5. The first-order valence-electron chi connectivity index (χ1n) is 33.4. The van der Waals surface area contributed by atoms with E-state index in [4.69, 9.17) is 23.7 Å². The molecule has 10 nitrogen and oxygen atoms in total. The van der Waals surface area contributed by atoms with Crippen molar-refractivity contribution < 1.29 is 47.7 Å². The molecule has 5 aliphatic rings. The fourth-order valence-electron chi connectivity index (χ4n) is 10.6. The molecule has 0 aromatic rings. The number of ether oxygens (including phenoxy) is 5. The minimum atomic E-state index is -0.413. The summed E-state index contributed by atoms with van der Waals surface area (Å²) in [5.41, 5.74) is -1.90. The third-order valence-electron chi connectivity index (χ3n) is 20.2. The minimum absolute atomic E-state index is 0.0783. The molecule has 5 aliphatic carbocycles. The van der Waals surface area contributed by atoms with Crippen LogP contribution in [0, 0.1) is 27.1 Å².